The number of aryl methyl sites for hydroxylation is 1. The molecule has 0 radical (unpaired) electrons. The first-order valence-corrected chi connectivity index (χ1v) is 9.41. The Morgan fingerprint density at radius 2 is 1.81 bits per heavy atom. The van der Waals surface area contributed by atoms with Crippen molar-refractivity contribution in [2.24, 2.45) is 0 Å². The molecule has 1 aromatic carbocycles. The van der Waals surface area contributed by atoms with Gasteiger partial charge in [0.2, 0.25) is 5.91 Å². The minimum Gasteiger partial charge on any atom is -0.367 e. The highest BCUT2D eigenvalue weighted by Gasteiger charge is 2.19. The second-order valence-corrected chi connectivity index (χ2v) is 6.77. The summed E-state index contributed by atoms with van der Waals surface area (Å²) in [5.74, 6) is 0.0104. The normalized spacial score (nSPS) is 14.1. The lowest BCUT2D eigenvalue weighted by Gasteiger charge is -2.35. The zero-order valence-corrected chi connectivity index (χ0v) is 15.7. The minimum absolute atomic E-state index is 0.0974. The number of carbonyl (C=O) groups is 2. The van der Waals surface area contributed by atoms with Gasteiger partial charge in [0, 0.05) is 45.8 Å². The van der Waals surface area contributed by atoms with E-state index in [0.717, 1.165) is 31.6 Å². The number of pyridine rings is 1. The molecular weight excluding hydrogens is 340 g/mol. The predicted molar refractivity (Wildman–Crippen MR) is 106 cm³/mol. The molecule has 2 heterocycles. The van der Waals surface area contributed by atoms with Gasteiger partial charge in [-0.25, -0.2) is 0 Å². The number of anilines is 1. The van der Waals surface area contributed by atoms with Gasteiger partial charge in [-0.1, -0.05) is 30.3 Å². The van der Waals surface area contributed by atoms with Crippen LogP contribution >= 0.6 is 0 Å². The summed E-state index contributed by atoms with van der Waals surface area (Å²) in [5.41, 5.74) is 2.77. The number of benzene rings is 1. The Hall–Kier alpha value is -2.89. The maximum absolute atomic E-state index is 12.4. The molecule has 0 saturated carbocycles. The summed E-state index contributed by atoms with van der Waals surface area (Å²) in [4.78, 5) is 32.1. The summed E-state index contributed by atoms with van der Waals surface area (Å²) in [5, 5.41) is 2.97. The monoisotopic (exact) mass is 366 g/mol. The highest BCUT2D eigenvalue weighted by Crippen LogP contribution is 2.17. The molecule has 0 spiro atoms. The largest absolute Gasteiger partial charge is 0.367 e. The van der Waals surface area contributed by atoms with Crippen molar-refractivity contribution in [3.8, 4) is 0 Å². The van der Waals surface area contributed by atoms with Gasteiger partial charge in [-0.05, 0) is 24.5 Å². The number of piperazine rings is 1. The molecule has 0 atom stereocenters. The van der Waals surface area contributed by atoms with Crippen molar-refractivity contribution in [1.29, 1.82) is 0 Å². The molecule has 0 aliphatic carbocycles. The van der Waals surface area contributed by atoms with Crippen molar-refractivity contribution in [1.82, 2.24) is 15.2 Å². The number of amides is 2. The van der Waals surface area contributed by atoms with Crippen LogP contribution in [0, 0.1) is 0 Å². The van der Waals surface area contributed by atoms with E-state index in [9.17, 15) is 9.59 Å². The van der Waals surface area contributed by atoms with E-state index in [4.69, 9.17) is 0 Å². The Bertz CT molecular complexity index is 771. The van der Waals surface area contributed by atoms with Crippen LogP contribution in [0.3, 0.4) is 0 Å². The van der Waals surface area contributed by atoms with Crippen molar-refractivity contribution in [3.05, 3.63) is 59.9 Å². The molecule has 2 amide bonds. The number of aromatic nitrogens is 1. The quantitative estimate of drug-likeness (QED) is 0.796. The highest BCUT2D eigenvalue weighted by atomic mass is 16.2. The molecule has 27 heavy (non-hydrogen) atoms. The van der Waals surface area contributed by atoms with E-state index >= 15 is 0 Å². The van der Waals surface area contributed by atoms with E-state index in [2.05, 4.69) is 27.3 Å². The summed E-state index contributed by atoms with van der Waals surface area (Å²) in [6.45, 7) is 5.14. The lowest BCUT2D eigenvalue weighted by atomic mass is 10.1. The zero-order valence-electron chi connectivity index (χ0n) is 15.7. The molecule has 3 rings (SSSR count). The number of nitrogens with one attached hydrogen (secondary N) is 1. The van der Waals surface area contributed by atoms with Gasteiger partial charge in [0.15, 0.2) is 0 Å². The fourth-order valence-electron chi connectivity index (χ4n) is 3.25. The van der Waals surface area contributed by atoms with E-state index in [1.807, 2.05) is 29.2 Å². The van der Waals surface area contributed by atoms with Crippen LogP contribution in [0.5, 0.6) is 0 Å². The first-order valence-electron chi connectivity index (χ1n) is 9.41. The molecule has 1 aliphatic heterocycles. The second kappa shape index (κ2) is 9.16. The second-order valence-electron chi connectivity index (χ2n) is 6.77. The molecule has 1 fully saturated rings. The van der Waals surface area contributed by atoms with Gasteiger partial charge in [-0.2, -0.15) is 0 Å². The lowest BCUT2D eigenvalue weighted by Crippen LogP contribution is -2.48. The van der Waals surface area contributed by atoms with Gasteiger partial charge in [-0.15, -0.1) is 0 Å². The summed E-state index contributed by atoms with van der Waals surface area (Å²) in [6, 6.07) is 12.1. The Morgan fingerprint density at radius 1 is 1.07 bits per heavy atom. The first kappa shape index (κ1) is 18.9. The summed E-state index contributed by atoms with van der Waals surface area (Å²) in [6.07, 6.45) is 5.22. The van der Waals surface area contributed by atoms with Crippen molar-refractivity contribution in [2.45, 2.75) is 19.8 Å². The van der Waals surface area contributed by atoms with Crippen molar-refractivity contribution < 1.29 is 9.59 Å². The van der Waals surface area contributed by atoms with E-state index in [-0.39, 0.29) is 11.8 Å². The van der Waals surface area contributed by atoms with Crippen LogP contribution in [0.4, 0.5) is 5.69 Å². The van der Waals surface area contributed by atoms with Crippen LogP contribution in [0.2, 0.25) is 0 Å². The van der Waals surface area contributed by atoms with E-state index in [1.54, 1.807) is 19.3 Å². The molecule has 2 aromatic rings. The topological polar surface area (TPSA) is 65.5 Å². The molecule has 142 valence electrons. The maximum Gasteiger partial charge on any atom is 0.252 e. The van der Waals surface area contributed by atoms with Crippen LogP contribution in [-0.4, -0.2) is 54.4 Å². The third-order valence-electron chi connectivity index (χ3n) is 4.85. The van der Waals surface area contributed by atoms with E-state index < -0.39 is 0 Å². The molecule has 0 unspecified atom stereocenters. The molecule has 0 bridgehead atoms. The third-order valence-corrected chi connectivity index (χ3v) is 4.85. The van der Waals surface area contributed by atoms with Crippen molar-refractivity contribution in [3.63, 3.8) is 0 Å². The highest BCUT2D eigenvalue weighted by molar-refractivity contribution is 5.94. The fraction of sp³-hybridized carbons (Fsp3) is 0.381. The van der Waals surface area contributed by atoms with Gasteiger partial charge < -0.3 is 15.1 Å². The first-order chi connectivity index (χ1) is 13.1. The lowest BCUT2D eigenvalue weighted by molar-refractivity contribution is -0.129. The number of hydrogen-bond acceptors (Lipinski definition) is 4. The third kappa shape index (κ3) is 5.29. The average Bonchev–Trinajstić information content (AvgIpc) is 2.72. The molecule has 1 saturated heterocycles. The van der Waals surface area contributed by atoms with Crippen molar-refractivity contribution >= 4 is 17.5 Å². The smallest absolute Gasteiger partial charge is 0.252 e. The number of hydrogen-bond donors (Lipinski definition) is 1. The Balaban J connectivity index is 1.49. The van der Waals surface area contributed by atoms with Crippen molar-refractivity contribution in [2.75, 3.05) is 37.6 Å². The molecule has 6 heteroatoms. The Kier molecular flexibility index (Phi) is 6.41. The zero-order chi connectivity index (χ0) is 19.1. The van der Waals surface area contributed by atoms with Crippen LogP contribution in [-0.2, 0) is 11.2 Å². The molecule has 1 aliphatic rings. The molecule has 6 nitrogen and oxygen atoms in total. The minimum atomic E-state index is -0.0974. The summed E-state index contributed by atoms with van der Waals surface area (Å²) in [7, 11) is 0. The van der Waals surface area contributed by atoms with E-state index in [0.29, 0.717) is 25.2 Å². The van der Waals surface area contributed by atoms with Crippen LogP contribution in [0.1, 0.15) is 29.3 Å². The molecular formula is C21H26N4O2. The Morgan fingerprint density at radius 3 is 2.52 bits per heavy atom. The van der Waals surface area contributed by atoms with E-state index in [1.165, 1.54) is 5.56 Å². The standard InChI is InChI=1S/C21H26N4O2/c1-17(26)24-10-12-25(13-11-24)20-14-19(15-22-16-20)21(27)23-9-5-8-18-6-3-2-4-7-18/h2-4,6-7,14-16H,5,8-13H2,1H3,(H,23,27). The van der Waals surface area contributed by atoms with Gasteiger partial charge in [0.1, 0.15) is 0 Å². The van der Waals surface area contributed by atoms with Gasteiger partial charge in [-0.3, -0.25) is 14.6 Å². The SMILES string of the molecule is CC(=O)N1CCN(c2cncc(C(=O)NCCCc3ccccc3)c2)CC1. The fourth-order valence-corrected chi connectivity index (χ4v) is 3.25. The van der Waals surface area contributed by atoms with Crippen LogP contribution in [0.15, 0.2) is 48.8 Å². The van der Waals surface area contributed by atoms with Gasteiger partial charge in [0.05, 0.1) is 17.4 Å². The summed E-state index contributed by atoms with van der Waals surface area (Å²) < 4.78 is 0. The van der Waals surface area contributed by atoms with Gasteiger partial charge >= 0.3 is 0 Å². The van der Waals surface area contributed by atoms with Gasteiger partial charge in [0.25, 0.3) is 5.91 Å². The predicted octanol–water partition coefficient (Wildman–Crippen LogP) is 2.11. The molecule has 1 aromatic heterocycles. The maximum atomic E-state index is 12.4. The molecule has 1 N–H and O–H groups in total. The number of nitrogens with zero attached hydrogens (tertiary/aromatic N) is 3. The number of carbonyl (C=O) groups excluding carboxylic acids is 2. The Labute approximate surface area is 160 Å². The summed E-state index contributed by atoms with van der Waals surface area (Å²) >= 11 is 0. The van der Waals surface area contributed by atoms with Crippen LogP contribution < -0.4 is 10.2 Å². The average molecular weight is 366 g/mol. The number of rotatable bonds is 6. The van der Waals surface area contributed by atoms with Crippen LogP contribution in [0.25, 0.3) is 0 Å².